The number of hydrogen-bond donors (Lipinski definition) is 4. The Balaban J connectivity index is 1.53. The average Bonchev–Trinajstić information content (AvgIpc) is 3.26. The van der Waals surface area contributed by atoms with Gasteiger partial charge < -0.3 is 44.1 Å². The number of hydrogen-bond acceptors (Lipinski definition) is 11. The van der Waals surface area contributed by atoms with E-state index in [-0.39, 0.29) is 19.0 Å². The van der Waals surface area contributed by atoms with E-state index in [1.54, 1.807) is 6.08 Å². The lowest BCUT2D eigenvalue weighted by Gasteiger charge is -2.42. The van der Waals surface area contributed by atoms with Crippen LogP contribution < -0.4 is 0 Å². The Morgan fingerprint density at radius 2 is 1.90 bits per heavy atom. The average molecular weight is 442 g/mol. The first-order valence-electron chi connectivity index (χ1n) is 10.2. The Hall–Kier alpha value is -2.02. The van der Waals surface area contributed by atoms with E-state index in [9.17, 15) is 30.0 Å². The second kappa shape index (κ2) is 8.85. The first-order valence-corrected chi connectivity index (χ1v) is 10.2. The molecule has 0 amide bonds. The molecule has 31 heavy (non-hydrogen) atoms. The molecule has 9 atom stereocenters. The summed E-state index contributed by atoms with van der Waals surface area (Å²) in [4.78, 5) is 23.9. The molecule has 172 valence electrons. The molecule has 4 N–H and O–H groups in total. The number of ether oxygens (including phenoxy) is 5. The lowest BCUT2D eigenvalue weighted by atomic mass is 9.84. The van der Waals surface area contributed by atoms with Crippen molar-refractivity contribution in [2.24, 2.45) is 11.8 Å². The van der Waals surface area contributed by atoms with E-state index >= 15 is 0 Å². The molecule has 0 unspecified atom stereocenters. The summed E-state index contributed by atoms with van der Waals surface area (Å²) in [5.41, 5.74) is 0.960. The van der Waals surface area contributed by atoms with E-state index in [2.05, 4.69) is 0 Å². The van der Waals surface area contributed by atoms with Crippen LogP contribution in [0.2, 0.25) is 0 Å². The first-order chi connectivity index (χ1) is 14.8. The Labute approximate surface area is 177 Å². The smallest absolute Gasteiger partial charge is 0.338 e. The number of carbonyl (C=O) groups is 2. The van der Waals surface area contributed by atoms with Gasteiger partial charge in [0.2, 0.25) is 6.29 Å². The van der Waals surface area contributed by atoms with Crippen LogP contribution in [0.15, 0.2) is 23.5 Å². The predicted molar refractivity (Wildman–Crippen MR) is 98.6 cm³/mol. The highest BCUT2D eigenvalue weighted by Crippen LogP contribution is 2.49. The zero-order valence-corrected chi connectivity index (χ0v) is 16.8. The summed E-state index contributed by atoms with van der Waals surface area (Å²) in [6.07, 6.45) is -5.09. The molecule has 0 aromatic rings. The van der Waals surface area contributed by atoms with Crippen molar-refractivity contribution in [3.8, 4) is 0 Å². The van der Waals surface area contributed by atoms with Gasteiger partial charge in [0.15, 0.2) is 6.29 Å². The number of aliphatic hydroxyl groups excluding tert-OH is 4. The molecule has 0 radical (unpaired) electrons. The molecule has 3 heterocycles. The van der Waals surface area contributed by atoms with Gasteiger partial charge in [-0.1, -0.05) is 6.92 Å². The second-order valence-electron chi connectivity index (χ2n) is 7.98. The number of rotatable bonds is 7. The third kappa shape index (κ3) is 3.97. The van der Waals surface area contributed by atoms with Gasteiger partial charge in [-0.25, -0.2) is 4.79 Å². The zero-order valence-electron chi connectivity index (χ0n) is 16.8. The fraction of sp³-hybridized carbons (Fsp3) is 0.700. The van der Waals surface area contributed by atoms with Crippen molar-refractivity contribution >= 4 is 11.9 Å². The maximum atomic E-state index is 12.1. The molecular weight excluding hydrogens is 416 g/mol. The molecule has 2 saturated heterocycles. The van der Waals surface area contributed by atoms with Crippen LogP contribution in [0.5, 0.6) is 0 Å². The van der Waals surface area contributed by atoms with Gasteiger partial charge in [0.05, 0.1) is 24.4 Å². The molecular formula is C20H26O11. The van der Waals surface area contributed by atoms with Gasteiger partial charge in [-0.05, 0) is 18.1 Å². The maximum Gasteiger partial charge on any atom is 0.338 e. The van der Waals surface area contributed by atoms with Crippen LogP contribution >= 0.6 is 0 Å². The lowest BCUT2D eigenvalue weighted by Crippen LogP contribution is -2.60. The summed E-state index contributed by atoms with van der Waals surface area (Å²) in [6, 6.07) is 0. The van der Waals surface area contributed by atoms with Crippen molar-refractivity contribution < 1.29 is 53.7 Å². The zero-order chi connectivity index (χ0) is 22.3. The van der Waals surface area contributed by atoms with E-state index < -0.39 is 67.5 Å². The third-order valence-corrected chi connectivity index (χ3v) is 5.98. The highest BCUT2D eigenvalue weighted by atomic mass is 16.8. The Morgan fingerprint density at radius 3 is 2.61 bits per heavy atom. The molecule has 4 rings (SSSR count). The summed E-state index contributed by atoms with van der Waals surface area (Å²) in [7, 11) is 0. The van der Waals surface area contributed by atoms with Crippen LogP contribution in [0.1, 0.15) is 19.8 Å². The Morgan fingerprint density at radius 1 is 1.13 bits per heavy atom. The molecule has 0 spiro atoms. The fourth-order valence-corrected chi connectivity index (χ4v) is 4.38. The lowest BCUT2D eigenvalue weighted by molar-refractivity contribution is -0.339. The molecule has 1 aliphatic carbocycles. The molecule has 0 aromatic heterocycles. The van der Waals surface area contributed by atoms with Crippen LogP contribution in [0, 0.1) is 11.8 Å². The summed E-state index contributed by atoms with van der Waals surface area (Å²) < 4.78 is 27.5. The molecule has 0 aromatic carbocycles. The first kappa shape index (κ1) is 22.2. The van der Waals surface area contributed by atoms with Crippen molar-refractivity contribution in [3.05, 3.63) is 23.5 Å². The molecule has 11 heteroatoms. The normalized spacial score (nSPS) is 41.1. The van der Waals surface area contributed by atoms with E-state index in [0.717, 1.165) is 0 Å². The van der Waals surface area contributed by atoms with Crippen molar-refractivity contribution in [3.63, 3.8) is 0 Å². The third-order valence-electron chi connectivity index (χ3n) is 5.98. The van der Waals surface area contributed by atoms with Crippen LogP contribution in [0.25, 0.3) is 0 Å². The predicted octanol–water partition coefficient (Wildman–Crippen LogP) is -1.52. The summed E-state index contributed by atoms with van der Waals surface area (Å²) in [5.74, 6) is -1.87. The molecule has 4 aliphatic rings. The van der Waals surface area contributed by atoms with Gasteiger partial charge in [0.1, 0.15) is 37.1 Å². The largest absolute Gasteiger partial charge is 0.471 e. The number of esters is 2. The minimum Gasteiger partial charge on any atom is -0.471 e. The monoisotopic (exact) mass is 442 g/mol. The quantitative estimate of drug-likeness (QED) is 0.268. The standard InChI is InChI=1S/C20H26O11/c1-2-3-12(22)27-6-8-4-10-14-9(18(26)29-10)7-28-19(13(8)14)31-20-17(25)16(24)15(23)11(5-21)30-20/h4,7,10-11,13-17,19-21,23-25H,2-3,5-6H2,1H3/t10-,11+,13+,14-,15+,16-,17+,19-,20-/m0/s1. The van der Waals surface area contributed by atoms with Crippen molar-refractivity contribution in [2.75, 3.05) is 13.2 Å². The number of aliphatic hydroxyl groups is 4. The van der Waals surface area contributed by atoms with Crippen molar-refractivity contribution in [1.82, 2.24) is 0 Å². The summed E-state index contributed by atoms with van der Waals surface area (Å²) in [6.45, 7) is 1.21. The van der Waals surface area contributed by atoms with Crippen molar-refractivity contribution in [2.45, 2.75) is 62.9 Å². The van der Waals surface area contributed by atoms with Crippen LogP contribution in [-0.2, 0) is 33.3 Å². The highest BCUT2D eigenvalue weighted by Gasteiger charge is 2.56. The summed E-state index contributed by atoms with van der Waals surface area (Å²) >= 11 is 0. The molecule has 2 fully saturated rings. The van der Waals surface area contributed by atoms with Gasteiger partial charge >= 0.3 is 11.9 Å². The SMILES string of the molecule is CCCC(=O)OCC1=C[C@@H]2OC(=O)C3=CO[C@@H](O[C@@H]4O[C@H](CO)[C@@H](O)[C@H](O)[C@H]4O)[C@H]1[C@@H]32. The maximum absolute atomic E-state index is 12.1. The molecule has 11 nitrogen and oxygen atoms in total. The Kier molecular flexibility index (Phi) is 6.33. The van der Waals surface area contributed by atoms with Crippen LogP contribution in [0.4, 0.5) is 0 Å². The van der Waals surface area contributed by atoms with Crippen molar-refractivity contribution in [1.29, 1.82) is 0 Å². The molecule has 0 saturated carbocycles. The van der Waals surface area contributed by atoms with Crippen LogP contribution in [-0.4, -0.2) is 88.7 Å². The van der Waals surface area contributed by atoms with E-state index in [0.29, 0.717) is 17.6 Å². The van der Waals surface area contributed by atoms with E-state index in [1.165, 1.54) is 6.26 Å². The van der Waals surface area contributed by atoms with Gasteiger partial charge in [0.25, 0.3) is 0 Å². The fourth-order valence-electron chi connectivity index (χ4n) is 4.38. The number of carbonyl (C=O) groups excluding carboxylic acids is 2. The van der Waals surface area contributed by atoms with E-state index in [4.69, 9.17) is 23.7 Å². The molecule has 0 bridgehead atoms. The minimum atomic E-state index is -1.61. The van der Waals surface area contributed by atoms with Gasteiger partial charge in [-0.15, -0.1) is 0 Å². The minimum absolute atomic E-state index is 0.0424. The van der Waals surface area contributed by atoms with Gasteiger partial charge in [0, 0.05) is 12.3 Å². The second-order valence-corrected chi connectivity index (χ2v) is 7.98. The van der Waals surface area contributed by atoms with Gasteiger partial charge in [-0.3, -0.25) is 4.79 Å². The Bertz CT molecular complexity index is 775. The topological polar surface area (TPSA) is 161 Å². The summed E-state index contributed by atoms with van der Waals surface area (Å²) in [5, 5.41) is 39.6. The van der Waals surface area contributed by atoms with E-state index in [1.807, 2.05) is 6.92 Å². The highest BCUT2D eigenvalue weighted by molar-refractivity contribution is 5.92. The van der Waals surface area contributed by atoms with Crippen LogP contribution in [0.3, 0.4) is 0 Å². The molecule has 3 aliphatic heterocycles. The van der Waals surface area contributed by atoms with Gasteiger partial charge in [-0.2, -0.15) is 0 Å².